The van der Waals surface area contributed by atoms with E-state index in [1.807, 2.05) is 24.3 Å². The maximum absolute atomic E-state index is 10.7. The topological polar surface area (TPSA) is 64.3 Å². The number of hydrogen-bond donors (Lipinski definition) is 1. The molecule has 0 saturated carbocycles. The van der Waals surface area contributed by atoms with E-state index in [-0.39, 0.29) is 0 Å². The average molecular weight is 258 g/mol. The molecule has 1 aliphatic heterocycles. The summed E-state index contributed by atoms with van der Waals surface area (Å²) in [5.41, 5.74) is 1.89. The first-order valence-corrected chi connectivity index (χ1v) is 6.60. The molecule has 1 saturated heterocycles. The Morgan fingerprint density at radius 2 is 1.95 bits per heavy atom. The molecule has 0 aromatic heterocycles. The van der Waals surface area contributed by atoms with Crippen LogP contribution in [0.2, 0.25) is 0 Å². The quantitative estimate of drug-likeness (QED) is 0.899. The summed E-state index contributed by atoms with van der Waals surface area (Å²) < 4.78 is 0. The van der Waals surface area contributed by atoms with Crippen molar-refractivity contribution in [2.75, 3.05) is 13.1 Å². The Morgan fingerprint density at radius 1 is 1.32 bits per heavy atom. The lowest BCUT2D eigenvalue weighted by Gasteiger charge is -2.31. The van der Waals surface area contributed by atoms with E-state index in [9.17, 15) is 4.79 Å². The van der Waals surface area contributed by atoms with E-state index >= 15 is 0 Å². The monoisotopic (exact) mass is 258 g/mol. The number of nitrogens with zero attached hydrogens (tertiary/aromatic N) is 2. The Labute approximate surface area is 113 Å². The summed E-state index contributed by atoms with van der Waals surface area (Å²) in [5, 5.41) is 17.5. The number of rotatable bonds is 4. The molecule has 0 atom stereocenters. The maximum Gasteiger partial charge on any atom is 0.303 e. The molecule has 100 valence electrons. The van der Waals surface area contributed by atoms with Crippen molar-refractivity contribution in [2.24, 2.45) is 5.92 Å². The lowest BCUT2D eigenvalue weighted by atomic mass is 9.93. The minimum Gasteiger partial charge on any atom is -0.481 e. The lowest BCUT2D eigenvalue weighted by molar-refractivity contribution is -0.138. The first kappa shape index (κ1) is 13.6. The van der Waals surface area contributed by atoms with Gasteiger partial charge in [0.1, 0.15) is 0 Å². The summed E-state index contributed by atoms with van der Waals surface area (Å²) in [5.74, 6) is -0.361. The van der Waals surface area contributed by atoms with Gasteiger partial charge in [-0.2, -0.15) is 5.26 Å². The molecule has 0 bridgehead atoms. The third-order valence-corrected chi connectivity index (χ3v) is 3.66. The number of piperidine rings is 1. The molecule has 1 N–H and O–H groups in total. The van der Waals surface area contributed by atoms with Crippen molar-refractivity contribution in [3.05, 3.63) is 35.4 Å². The van der Waals surface area contributed by atoms with Crippen LogP contribution in [0.25, 0.3) is 0 Å². The van der Waals surface area contributed by atoms with Gasteiger partial charge < -0.3 is 5.11 Å². The number of carboxylic acid groups (broad SMARTS) is 1. The number of carbonyl (C=O) groups is 1. The largest absolute Gasteiger partial charge is 0.481 e. The maximum atomic E-state index is 10.7. The van der Waals surface area contributed by atoms with Crippen LogP contribution in [0, 0.1) is 17.2 Å². The number of nitriles is 1. The fourth-order valence-electron chi connectivity index (χ4n) is 2.54. The molecule has 0 radical (unpaired) electrons. The third kappa shape index (κ3) is 4.08. The number of carboxylic acids is 1. The number of likely N-dealkylation sites (tertiary alicyclic amines) is 1. The predicted molar refractivity (Wildman–Crippen MR) is 71.4 cm³/mol. The Balaban J connectivity index is 1.82. The molecule has 19 heavy (non-hydrogen) atoms. The van der Waals surface area contributed by atoms with Gasteiger partial charge in [0.05, 0.1) is 11.6 Å². The van der Waals surface area contributed by atoms with Crippen LogP contribution >= 0.6 is 0 Å². The first-order valence-electron chi connectivity index (χ1n) is 6.60. The minimum absolute atomic E-state index is 0.296. The summed E-state index contributed by atoms with van der Waals surface area (Å²) in [7, 11) is 0. The van der Waals surface area contributed by atoms with E-state index in [0.717, 1.165) is 32.5 Å². The van der Waals surface area contributed by atoms with Crippen LogP contribution in [0.1, 0.15) is 30.4 Å². The Kier molecular flexibility index (Phi) is 4.53. The summed E-state index contributed by atoms with van der Waals surface area (Å²) in [4.78, 5) is 13.0. The molecular formula is C15H18N2O2. The summed E-state index contributed by atoms with van der Waals surface area (Å²) in [6.07, 6.45) is 2.22. The Hall–Kier alpha value is -1.86. The normalized spacial score (nSPS) is 17.0. The molecular weight excluding hydrogens is 240 g/mol. The average Bonchev–Trinajstić information content (AvgIpc) is 2.41. The zero-order valence-corrected chi connectivity index (χ0v) is 10.9. The minimum atomic E-state index is -0.689. The standard InChI is InChI=1S/C15H18N2O2/c16-10-13-1-3-14(4-2-13)11-17-7-5-12(6-8-17)9-15(18)19/h1-4,12H,5-9,11H2,(H,18,19). The van der Waals surface area contributed by atoms with Crippen LogP contribution in [0.5, 0.6) is 0 Å². The van der Waals surface area contributed by atoms with Gasteiger partial charge in [-0.25, -0.2) is 0 Å². The van der Waals surface area contributed by atoms with E-state index in [0.29, 0.717) is 17.9 Å². The van der Waals surface area contributed by atoms with Crippen LogP contribution in [0.3, 0.4) is 0 Å². The van der Waals surface area contributed by atoms with Crippen molar-refractivity contribution >= 4 is 5.97 Å². The zero-order valence-electron chi connectivity index (χ0n) is 10.9. The lowest BCUT2D eigenvalue weighted by Crippen LogP contribution is -2.33. The number of benzene rings is 1. The van der Waals surface area contributed by atoms with Gasteiger partial charge in [-0.3, -0.25) is 9.69 Å². The van der Waals surface area contributed by atoms with Crippen LogP contribution in [-0.4, -0.2) is 29.1 Å². The highest BCUT2D eigenvalue weighted by molar-refractivity contribution is 5.67. The molecule has 0 aliphatic carbocycles. The summed E-state index contributed by atoms with van der Waals surface area (Å²) >= 11 is 0. The molecule has 4 nitrogen and oxygen atoms in total. The van der Waals surface area contributed by atoms with Crippen LogP contribution in [-0.2, 0) is 11.3 Å². The smallest absolute Gasteiger partial charge is 0.303 e. The second-order valence-corrected chi connectivity index (χ2v) is 5.13. The van der Waals surface area contributed by atoms with Crippen molar-refractivity contribution in [1.82, 2.24) is 4.90 Å². The van der Waals surface area contributed by atoms with Crippen LogP contribution in [0.15, 0.2) is 24.3 Å². The van der Waals surface area contributed by atoms with Crippen molar-refractivity contribution in [3.63, 3.8) is 0 Å². The molecule has 1 aromatic rings. The highest BCUT2D eigenvalue weighted by atomic mass is 16.4. The van der Waals surface area contributed by atoms with Crippen LogP contribution in [0.4, 0.5) is 0 Å². The molecule has 0 unspecified atom stereocenters. The van der Waals surface area contributed by atoms with Crippen molar-refractivity contribution in [2.45, 2.75) is 25.8 Å². The SMILES string of the molecule is N#Cc1ccc(CN2CCC(CC(=O)O)CC2)cc1. The highest BCUT2D eigenvalue weighted by Crippen LogP contribution is 2.21. The molecule has 4 heteroatoms. The molecule has 1 aliphatic rings. The van der Waals surface area contributed by atoms with Gasteiger partial charge in [-0.1, -0.05) is 12.1 Å². The number of aliphatic carboxylic acids is 1. The second kappa shape index (κ2) is 6.35. The van der Waals surface area contributed by atoms with E-state index in [2.05, 4.69) is 11.0 Å². The molecule has 1 aromatic carbocycles. The highest BCUT2D eigenvalue weighted by Gasteiger charge is 2.21. The fraction of sp³-hybridized carbons (Fsp3) is 0.467. The Bertz CT molecular complexity index is 468. The van der Waals surface area contributed by atoms with Crippen LogP contribution < -0.4 is 0 Å². The summed E-state index contributed by atoms with van der Waals surface area (Å²) in [6.45, 7) is 2.79. The van der Waals surface area contributed by atoms with E-state index in [4.69, 9.17) is 10.4 Å². The van der Waals surface area contributed by atoms with Gasteiger partial charge in [0.15, 0.2) is 0 Å². The third-order valence-electron chi connectivity index (χ3n) is 3.66. The fourth-order valence-corrected chi connectivity index (χ4v) is 2.54. The van der Waals surface area contributed by atoms with Gasteiger partial charge in [0.25, 0.3) is 0 Å². The number of hydrogen-bond acceptors (Lipinski definition) is 3. The van der Waals surface area contributed by atoms with Gasteiger partial charge in [0, 0.05) is 13.0 Å². The summed E-state index contributed by atoms with van der Waals surface area (Å²) in [6, 6.07) is 9.77. The molecule has 2 rings (SSSR count). The zero-order chi connectivity index (χ0) is 13.7. The predicted octanol–water partition coefficient (Wildman–Crippen LogP) is 2.24. The second-order valence-electron chi connectivity index (χ2n) is 5.13. The van der Waals surface area contributed by atoms with Gasteiger partial charge in [0.2, 0.25) is 0 Å². The van der Waals surface area contributed by atoms with E-state index in [1.165, 1.54) is 5.56 Å². The Morgan fingerprint density at radius 3 is 2.47 bits per heavy atom. The van der Waals surface area contributed by atoms with E-state index < -0.39 is 5.97 Å². The molecule has 1 fully saturated rings. The molecule has 0 spiro atoms. The first-order chi connectivity index (χ1) is 9.17. The van der Waals surface area contributed by atoms with Gasteiger partial charge in [-0.15, -0.1) is 0 Å². The van der Waals surface area contributed by atoms with Crippen molar-refractivity contribution < 1.29 is 9.90 Å². The van der Waals surface area contributed by atoms with Crippen molar-refractivity contribution in [3.8, 4) is 6.07 Å². The molecule has 0 amide bonds. The van der Waals surface area contributed by atoms with Gasteiger partial charge >= 0.3 is 5.97 Å². The van der Waals surface area contributed by atoms with Crippen molar-refractivity contribution in [1.29, 1.82) is 5.26 Å². The molecule has 1 heterocycles. The van der Waals surface area contributed by atoms with E-state index in [1.54, 1.807) is 0 Å². The van der Waals surface area contributed by atoms with Gasteiger partial charge in [-0.05, 0) is 49.5 Å².